The number of alkyl halides is 1. The van der Waals surface area contributed by atoms with Crippen molar-refractivity contribution in [1.82, 2.24) is 4.98 Å². The molecule has 17 heavy (non-hydrogen) atoms. The Labute approximate surface area is 103 Å². The van der Waals surface area contributed by atoms with Gasteiger partial charge < -0.3 is 9.47 Å². The van der Waals surface area contributed by atoms with Gasteiger partial charge in [0.05, 0.1) is 13.2 Å². The Kier molecular flexibility index (Phi) is 3.05. The minimum atomic E-state index is -1.91. The zero-order chi connectivity index (χ0) is 12.7. The average molecular weight is 259 g/mol. The lowest BCUT2D eigenvalue weighted by Crippen LogP contribution is -2.27. The highest BCUT2D eigenvalue weighted by molar-refractivity contribution is 7.11. The van der Waals surface area contributed by atoms with E-state index >= 15 is 0 Å². The average Bonchev–Trinajstić information content (AvgIpc) is 2.84. The van der Waals surface area contributed by atoms with Crippen molar-refractivity contribution in [1.29, 1.82) is 0 Å². The number of hydrogen-bond donors (Lipinski definition) is 0. The molecule has 1 fully saturated rings. The van der Waals surface area contributed by atoms with E-state index in [0.717, 1.165) is 11.3 Å². The van der Waals surface area contributed by atoms with E-state index in [1.165, 1.54) is 13.8 Å². The van der Waals surface area contributed by atoms with Gasteiger partial charge in [0.15, 0.2) is 10.7 Å². The summed E-state index contributed by atoms with van der Waals surface area (Å²) in [6.07, 6.45) is 0. The number of nitrogens with zero attached hydrogens (tertiary/aromatic N) is 1. The van der Waals surface area contributed by atoms with Crippen molar-refractivity contribution < 1.29 is 18.7 Å². The largest absolute Gasteiger partial charge is 0.342 e. The molecule has 0 radical (unpaired) electrons. The van der Waals surface area contributed by atoms with Crippen molar-refractivity contribution in [3.8, 4) is 0 Å². The summed E-state index contributed by atoms with van der Waals surface area (Å²) in [5.41, 5.74) is -1.39. The Morgan fingerprint density at radius 2 is 2.12 bits per heavy atom. The fraction of sp³-hybridized carbons (Fsp3) is 0.636. The second kappa shape index (κ2) is 4.12. The molecule has 0 aromatic carbocycles. The number of ether oxygens (including phenoxy) is 2. The molecule has 0 aliphatic carbocycles. The minimum Gasteiger partial charge on any atom is -0.342 e. The van der Waals surface area contributed by atoms with E-state index in [2.05, 4.69) is 4.98 Å². The third-order valence-electron chi connectivity index (χ3n) is 2.54. The quantitative estimate of drug-likeness (QED) is 0.781. The second-order valence-corrected chi connectivity index (χ2v) is 5.34. The Morgan fingerprint density at radius 3 is 2.65 bits per heavy atom. The van der Waals surface area contributed by atoms with E-state index < -0.39 is 17.2 Å². The topological polar surface area (TPSA) is 48.4 Å². The third-order valence-corrected chi connectivity index (χ3v) is 3.38. The summed E-state index contributed by atoms with van der Waals surface area (Å²) in [6, 6.07) is 0. The summed E-state index contributed by atoms with van der Waals surface area (Å²) in [5, 5.41) is 1.82. The highest BCUT2D eigenvalue weighted by Crippen LogP contribution is 2.32. The molecule has 1 aromatic heterocycles. The number of Topliss-reactive ketones (excluding diaryl/α,β-unsaturated/α-hetero) is 1. The molecular formula is C11H14FNO3S. The molecule has 0 saturated carbocycles. The zero-order valence-electron chi connectivity index (χ0n) is 9.95. The molecule has 2 heterocycles. The molecule has 2 rings (SSSR count). The molecule has 0 N–H and O–H groups in total. The van der Waals surface area contributed by atoms with Crippen molar-refractivity contribution in [3.05, 3.63) is 16.1 Å². The van der Waals surface area contributed by atoms with Crippen LogP contribution in [0.5, 0.6) is 0 Å². The maximum Gasteiger partial charge on any atom is 0.227 e. The Hall–Kier alpha value is -0.850. The summed E-state index contributed by atoms with van der Waals surface area (Å²) in [7, 11) is 0. The molecule has 1 saturated heterocycles. The molecular weight excluding hydrogens is 245 g/mol. The summed E-state index contributed by atoms with van der Waals surface area (Å²) in [4.78, 5) is 15.8. The van der Waals surface area contributed by atoms with Crippen molar-refractivity contribution in [2.75, 3.05) is 13.2 Å². The van der Waals surface area contributed by atoms with Crippen LogP contribution in [-0.4, -0.2) is 29.6 Å². The molecule has 94 valence electrons. The molecule has 0 bridgehead atoms. The summed E-state index contributed by atoms with van der Waals surface area (Å²) >= 11 is 1.11. The van der Waals surface area contributed by atoms with Crippen LogP contribution in [0.1, 0.15) is 36.3 Å². The van der Waals surface area contributed by atoms with Crippen LogP contribution in [-0.2, 0) is 15.3 Å². The smallest absolute Gasteiger partial charge is 0.227 e. The van der Waals surface area contributed by atoms with Crippen molar-refractivity contribution >= 4 is 17.1 Å². The SMILES string of the molecule is CC(C)(F)C(=O)c1nc(C2(C)OCCO2)cs1. The second-order valence-electron chi connectivity index (χ2n) is 4.48. The van der Waals surface area contributed by atoms with Crippen LogP contribution in [0, 0.1) is 0 Å². The van der Waals surface area contributed by atoms with Gasteiger partial charge in [0.1, 0.15) is 5.69 Å². The first-order valence-corrected chi connectivity index (χ1v) is 6.18. The Balaban J connectivity index is 2.25. The van der Waals surface area contributed by atoms with Gasteiger partial charge in [-0.05, 0) is 20.8 Å². The van der Waals surface area contributed by atoms with Crippen LogP contribution < -0.4 is 0 Å². The molecule has 6 heteroatoms. The first-order chi connectivity index (χ1) is 7.83. The molecule has 0 amide bonds. The van der Waals surface area contributed by atoms with E-state index in [1.54, 1.807) is 12.3 Å². The lowest BCUT2D eigenvalue weighted by atomic mass is 10.1. The Bertz CT molecular complexity index is 432. The number of carbonyl (C=O) groups is 1. The summed E-state index contributed by atoms with van der Waals surface area (Å²) in [5.74, 6) is -1.52. The summed E-state index contributed by atoms with van der Waals surface area (Å²) < 4.78 is 24.3. The molecule has 0 spiro atoms. The fourth-order valence-electron chi connectivity index (χ4n) is 1.50. The van der Waals surface area contributed by atoms with Gasteiger partial charge in [0.2, 0.25) is 11.6 Å². The highest BCUT2D eigenvalue weighted by Gasteiger charge is 2.37. The standard InChI is InChI=1S/C11H14FNO3S/c1-10(2,12)8(14)9-13-7(6-17-9)11(3)15-4-5-16-11/h6H,4-5H2,1-3H3. The predicted molar refractivity (Wildman–Crippen MR) is 60.9 cm³/mol. The van der Waals surface area contributed by atoms with E-state index in [9.17, 15) is 9.18 Å². The van der Waals surface area contributed by atoms with Gasteiger partial charge in [-0.25, -0.2) is 9.37 Å². The molecule has 4 nitrogen and oxygen atoms in total. The normalized spacial score (nSPS) is 19.5. The fourth-order valence-corrected chi connectivity index (χ4v) is 2.49. The molecule has 1 aliphatic rings. The van der Waals surface area contributed by atoms with Crippen LogP contribution in [0.2, 0.25) is 0 Å². The number of halogens is 1. The lowest BCUT2D eigenvalue weighted by Gasteiger charge is -2.19. The van der Waals surface area contributed by atoms with Gasteiger partial charge in [-0.2, -0.15) is 0 Å². The van der Waals surface area contributed by atoms with E-state index in [1.807, 2.05) is 0 Å². The number of carbonyl (C=O) groups excluding carboxylic acids is 1. The van der Waals surface area contributed by atoms with E-state index in [4.69, 9.17) is 9.47 Å². The van der Waals surface area contributed by atoms with E-state index in [-0.39, 0.29) is 5.01 Å². The van der Waals surface area contributed by atoms with Crippen molar-refractivity contribution in [2.24, 2.45) is 0 Å². The van der Waals surface area contributed by atoms with Crippen molar-refractivity contribution in [3.63, 3.8) is 0 Å². The monoisotopic (exact) mass is 259 g/mol. The van der Waals surface area contributed by atoms with Gasteiger partial charge in [0.25, 0.3) is 0 Å². The van der Waals surface area contributed by atoms with Crippen LogP contribution >= 0.6 is 11.3 Å². The molecule has 0 unspecified atom stereocenters. The third kappa shape index (κ3) is 2.38. The Morgan fingerprint density at radius 1 is 1.53 bits per heavy atom. The van der Waals surface area contributed by atoms with Gasteiger partial charge >= 0.3 is 0 Å². The molecule has 1 aliphatic heterocycles. The van der Waals surface area contributed by atoms with Crippen LogP contribution in [0.25, 0.3) is 0 Å². The number of aromatic nitrogens is 1. The first-order valence-electron chi connectivity index (χ1n) is 5.30. The molecule has 1 aromatic rings. The van der Waals surface area contributed by atoms with Gasteiger partial charge in [-0.15, -0.1) is 11.3 Å². The number of rotatable bonds is 3. The number of hydrogen-bond acceptors (Lipinski definition) is 5. The maximum atomic E-state index is 13.5. The van der Waals surface area contributed by atoms with Gasteiger partial charge in [0, 0.05) is 5.38 Å². The number of thiazole rings is 1. The van der Waals surface area contributed by atoms with Crippen LogP contribution in [0.3, 0.4) is 0 Å². The summed E-state index contributed by atoms with van der Waals surface area (Å²) in [6.45, 7) is 5.17. The zero-order valence-corrected chi connectivity index (χ0v) is 10.8. The first kappa shape index (κ1) is 12.6. The predicted octanol–water partition coefficient (Wildman–Crippen LogP) is 2.29. The van der Waals surface area contributed by atoms with Crippen LogP contribution in [0.4, 0.5) is 4.39 Å². The minimum absolute atomic E-state index is 0.146. The van der Waals surface area contributed by atoms with Gasteiger partial charge in [-0.3, -0.25) is 4.79 Å². The van der Waals surface area contributed by atoms with E-state index in [0.29, 0.717) is 18.9 Å². The maximum absolute atomic E-state index is 13.5. The van der Waals surface area contributed by atoms with Crippen molar-refractivity contribution in [2.45, 2.75) is 32.2 Å². The van der Waals surface area contributed by atoms with Crippen LogP contribution in [0.15, 0.2) is 5.38 Å². The van der Waals surface area contributed by atoms with Gasteiger partial charge in [-0.1, -0.05) is 0 Å². The highest BCUT2D eigenvalue weighted by atomic mass is 32.1. The number of ketones is 1. The molecule has 0 atom stereocenters. The lowest BCUT2D eigenvalue weighted by molar-refractivity contribution is -0.152.